The fourth-order valence-electron chi connectivity index (χ4n) is 1.35. The molecule has 17 heavy (non-hydrogen) atoms. The van der Waals surface area contributed by atoms with Crippen molar-refractivity contribution in [2.45, 2.75) is 13.3 Å². The fraction of sp³-hybridized carbons (Fsp3) is 0.300. The molecule has 0 fully saturated rings. The van der Waals surface area contributed by atoms with Gasteiger partial charge in [0.1, 0.15) is 5.82 Å². The Kier molecular flexibility index (Phi) is 4.31. The molecule has 2 aromatic rings. The van der Waals surface area contributed by atoms with Crippen LogP contribution in [0.15, 0.2) is 10.7 Å². The summed E-state index contributed by atoms with van der Waals surface area (Å²) in [6.45, 7) is 2.07. The second-order valence-electron chi connectivity index (χ2n) is 3.23. The minimum atomic E-state index is 0.683. The first-order valence-electron chi connectivity index (χ1n) is 5.01. The highest BCUT2D eigenvalue weighted by atomic mass is 127. The maximum atomic E-state index is 4.53. The molecule has 2 rings (SSSR count). The molecule has 4 nitrogen and oxygen atoms in total. The Morgan fingerprint density at radius 3 is 2.76 bits per heavy atom. The quantitative estimate of drug-likeness (QED) is 0.765. The van der Waals surface area contributed by atoms with Crippen LogP contribution in [0.1, 0.15) is 12.6 Å². The number of hydrogen-bond donors (Lipinski definition) is 1. The second-order valence-corrected chi connectivity index (χ2v) is 6.95. The highest BCUT2D eigenvalue weighted by molar-refractivity contribution is 14.1. The van der Waals surface area contributed by atoms with E-state index in [-0.39, 0.29) is 0 Å². The normalized spacial score (nSPS) is 10.6. The van der Waals surface area contributed by atoms with E-state index in [4.69, 9.17) is 0 Å². The molecular formula is C10H10BrIN4S. The minimum absolute atomic E-state index is 0.683. The second kappa shape index (κ2) is 5.57. The zero-order valence-corrected chi connectivity index (χ0v) is 13.9. The van der Waals surface area contributed by atoms with Gasteiger partial charge in [-0.2, -0.15) is 0 Å². The Morgan fingerprint density at radius 2 is 2.24 bits per heavy atom. The minimum Gasteiger partial charge on any atom is -0.372 e. The van der Waals surface area contributed by atoms with E-state index in [9.17, 15) is 0 Å². The van der Waals surface area contributed by atoms with E-state index in [0.29, 0.717) is 5.82 Å². The van der Waals surface area contributed by atoms with Crippen molar-refractivity contribution in [1.82, 2.24) is 15.0 Å². The first-order chi connectivity index (χ1) is 8.15. The molecule has 90 valence electrons. The van der Waals surface area contributed by atoms with Gasteiger partial charge in [-0.3, -0.25) is 0 Å². The number of halogens is 2. The predicted molar refractivity (Wildman–Crippen MR) is 82.5 cm³/mol. The van der Waals surface area contributed by atoms with Gasteiger partial charge in [0.2, 0.25) is 0 Å². The van der Waals surface area contributed by atoms with Crippen molar-refractivity contribution in [2.24, 2.45) is 0 Å². The summed E-state index contributed by atoms with van der Waals surface area (Å²) in [6.07, 6.45) is 2.68. The number of aromatic nitrogens is 3. The predicted octanol–water partition coefficient (Wildman–Crippen LogP) is 3.57. The average molecular weight is 425 g/mol. The number of rotatable bonds is 3. The van der Waals surface area contributed by atoms with Gasteiger partial charge >= 0.3 is 0 Å². The van der Waals surface area contributed by atoms with Crippen LogP contribution in [0.3, 0.4) is 0 Å². The average Bonchev–Trinajstić information content (AvgIpc) is 2.76. The smallest absolute Gasteiger partial charge is 0.191 e. The van der Waals surface area contributed by atoms with Crippen molar-refractivity contribution < 1.29 is 0 Å². The third-order valence-corrected chi connectivity index (χ3v) is 4.71. The lowest BCUT2D eigenvalue weighted by Gasteiger charge is -2.08. The van der Waals surface area contributed by atoms with Gasteiger partial charge in [0.15, 0.2) is 10.8 Å². The van der Waals surface area contributed by atoms with Gasteiger partial charge in [0, 0.05) is 7.05 Å². The van der Waals surface area contributed by atoms with Crippen LogP contribution in [0.4, 0.5) is 5.82 Å². The van der Waals surface area contributed by atoms with E-state index >= 15 is 0 Å². The van der Waals surface area contributed by atoms with Gasteiger partial charge in [-0.15, -0.1) is 11.3 Å². The third kappa shape index (κ3) is 2.76. The Hall–Kier alpha value is -0.280. The van der Waals surface area contributed by atoms with Crippen molar-refractivity contribution in [1.29, 1.82) is 0 Å². The molecule has 0 spiro atoms. The molecule has 0 saturated carbocycles. The first kappa shape index (κ1) is 13.2. The number of thiazole rings is 1. The highest BCUT2D eigenvalue weighted by Crippen LogP contribution is 2.29. The molecule has 7 heteroatoms. The van der Waals surface area contributed by atoms with Gasteiger partial charge in [-0.1, -0.05) is 6.92 Å². The lowest BCUT2D eigenvalue weighted by atomic mass is 10.3. The van der Waals surface area contributed by atoms with Gasteiger partial charge in [-0.05, 0) is 44.9 Å². The van der Waals surface area contributed by atoms with Crippen LogP contribution in [0, 0.1) is 2.88 Å². The van der Waals surface area contributed by atoms with Crippen LogP contribution in [0.2, 0.25) is 0 Å². The molecule has 0 aromatic carbocycles. The maximum Gasteiger partial charge on any atom is 0.191 e. The zero-order valence-electron chi connectivity index (χ0n) is 9.29. The van der Waals surface area contributed by atoms with Gasteiger partial charge < -0.3 is 5.32 Å². The molecule has 0 amide bonds. The molecule has 2 aromatic heterocycles. The third-order valence-electron chi connectivity index (χ3n) is 2.16. The summed E-state index contributed by atoms with van der Waals surface area (Å²) >= 11 is 7.35. The molecule has 0 unspecified atom stereocenters. The summed E-state index contributed by atoms with van der Waals surface area (Å²) in [5.41, 5.74) is 0.990. The number of aryl methyl sites for hydroxylation is 1. The molecule has 0 aliphatic carbocycles. The van der Waals surface area contributed by atoms with E-state index in [2.05, 4.69) is 65.7 Å². The largest absolute Gasteiger partial charge is 0.372 e. The van der Waals surface area contributed by atoms with Crippen molar-refractivity contribution in [3.63, 3.8) is 0 Å². The lowest BCUT2D eigenvalue weighted by Crippen LogP contribution is -2.02. The van der Waals surface area contributed by atoms with E-state index < -0.39 is 0 Å². The van der Waals surface area contributed by atoms with E-state index in [1.165, 1.54) is 0 Å². The van der Waals surface area contributed by atoms with Crippen LogP contribution in [-0.2, 0) is 6.42 Å². The van der Waals surface area contributed by atoms with Crippen LogP contribution >= 0.6 is 49.9 Å². The van der Waals surface area contributed by atoms with Crippen molar-refractivity contribution in [3.05, 3.63) is 19.2 Å². The van der Waals surface area contributed by atoms with E-state index in [1.807, 2.05) is 13.2 Å². The number of anilines is 1. The summed E-state index contributed by atoms with van der Waals surface area (Å²) in [5, 5.41) is 3.92. The molecule has 1 N–H and O–H groups in total. The number of hydrogen-bond acceptors (Lipinski definition) is 5. The molecule has 0 aliphatic heterocycles. The van der Waals surface area contributed by atoms with Crippen LogP contribution in [0.25, 0.3) is 10.8 Å². The van der Waals surface area contributed by atoms with E-state index in [0.717, 1.165) is 30.3 Å². The Balaban J connectivity index is 2.55. The van der Waals surface area contributed by atoms with Gasteiger partial charge in [0.05, 0.1) is 19.2 Å². The molecule has 2 heterocycles. The summed E-state index contributed by atoms with van der Waals surface area (Å²) in [6, 6.07) is 0. The summed E-state index contributed by atoms with van der Waals surface area (Å²) in [5.74, 6) is 1.49. The van der Waals surface area contributed by atoms with Gasteiger partial charge in [0.25, 0.3) is 0 Å². The fourth-order valence-corrected chi connectivity index (χ4v) is 3.35. The molecule has 0 radical (unpaired) electrons. The summed E-state index contributed by atoms with van der Waals surface area (Å²) in [4.78, 5) is 13.3. The Bertz CT molecular complexity index is 518. The topological polar surface area (TPSA) is 50.7 Å². The standard InChI is InChI=1S/C10H10BrIN4S/c1-3-5-7(11)8(13-2)16-9(15-5)10-14-4-6(12)17-10/h4H,3H2,1-2H3,(H,13,15,16). The van der Waals surface area contributed by atoms with Crippen LogP contribution < -0.4 is 5.32 Å². The zero-order chi connectivity index (χ0) is 12.4. The van der Waals surface area contributed by atoms with Gasteiger partial charge in [-0.25, -0.2) is 15.0 Å². The van der Waals surface area contributed by atoms with Crippen molar-refractivity contribution in [2.75, 3.05) is 12.4 Å². The Morgan fingerprint density at radius 1 is 1.47 bits per heavy atom. The molecule has 0 saturated heterocycles. The number of nitrogens with one attached hydrogen (secondary N) is 1. The SMILES string of the molecule is CCc1nc(-c2ncc(I)s2)nc(NC)c1Br. The number of nitrogens with zero attached hydrogens (tertiary/aromatic N) is 3. The molecule has 0 bridgehead atoms. The molecule has 0 atom stereocenters. The lowest BCUT2D eigenvalue weighted by molar-refractivity contribution is 0.989. The molecule has 0 aliphatic rings. The van der Waals surface area contributed by atoms with Crippen molar-refractivity contribution in [3.8, 4) is 10.8 Å². The van der Waals surface area contributed by atoms with Crippen molar-refractivity contribution >= 4 is 55.7 Å². The van der Waals surface area contributed by atoms with Crippen LogP contribution in [-0.4, -0.2) is 22.0 Å². The Labute approximate surface area is 126 Å². The van der Waals surface area contributed by atoms with Crippen LogP contribution in [0.5, 0.6) is 0 Å². The monoisotopic (exact) mass is 424 g/mol. The highest BCUT2D eigenvalue weighted by Gasteiger charge is 2.13. The summed E-state index contributed by atoms with van der Waals surface area (Å²) in [7, 11) is 1.85. The van der Waals surface area contributed by atoms with E-state index in [1.54, 1.807) is 11.3 Å². The maximum absolute atomic E-state index is 4.53. The first-order valence-corrected chi connectivity index (χ1v) is 7.70. The summed E-state index contributed by atoms with van der Waals surface area (Å²) < 4.78 is 2.06. The molecular weight excluding hydrogens is 415 g/mol.